The Bertz CT molecular complexity index is 681. The molecule has 22 heavy (non-hydrogen) atoms. The number of hydrogen-bond donors (Lipinski definition) is 0. The van der Waals surface area contributed by atoms with Gasteiger partial charge in [0.15, 0.2) is 0 Å². The van der Waals surface area contributed by atoms with Crippen LogP contribution in [0.4, 0.5) is 5.69 Å². The van der Waals surface area contributed by atoms with Crippen molar-refractivity contribution in [3.63, 3.8) is 0 Å². The van der Waals surface area contributed by atoms with Crippen LogP contribution in [0.3, 0.4) is 0 Å². The second kappa shape index (κ2) is 6.22. The Hall–Kier alpha value is -2.29. The van der Waals surface area contributed by atoms with E-state index in [-0.39, 0.29) is 11.9 Å². The van der Waals surface area contributed by atoms with E-state index in [1.165, 1.54) is 5.56 Å². The van der Waals surface area contributed by atoms with Crippen LogP contribution in [0.15, 0.2) is 48.5 Å². The van der Waals surface area contributed by atoms with E-state index in [4.69, 9.17) is 4.74 Å². The molecule has 1 heterocycles. The smallest absolute Gasteiger partial charge is 0.262 e. The minimum Gasteiger partial charge on any atom is -0.493 e. The largest absolute Gasteiger partial charge is 0.493 e. The summed E-state index contributed by atoms with van der Waals surface area (Å²) in [5.74, 6) is 0.675. The lowest BCUT2D eigenvalue weighted by Gasteiger charge is -2.35. The van der Waals surface area contributed by atoms with E-state index in [1.807, 2.05) is 54.3 Å². The topological polar surface area (TPSA) is 29.5 Å². The number of nitrogens with zero attached hydrogens (tertiary/aromatic N) is 1. The van der Waals surface area contributed by atoms with Gasteiger partial charge in [-0.1, -0.05) is 30.3 Å². The first kappa shape index (κ1) is 14.6. The number of para-hydroxylation sites is 2. The van der Waals surface area contributed by atoms with Gasteiger partial charge >= 0.3 is 0 Å². The third-order valence-corrected chi connectivity index (χ3v) is 4.16. The van der Waals surface area contributed by atoms with Crippen LogP contribution in [0.25, 0.3) is 0 Å². The third-order valence-electron chi connectivity index (χ3n) is 4.16. The molecule has 0 aliphatic carbocycles. The fourth-order valence-corrected chi connectivity index (χ4v) is 3.05. The predicted molar refractivity (Wildman–Crippen MR) is 88.6 cm³/mol. The molecule has 1 aliphatic heterocycles. The van der Waals surface area contributed by atoms with Crippen molar-refractivity contribution in [3.8, 4) is 5.75 Å². The zero-order chi connectivity index (χ0) is 15.5. The zero-order valence-electron chi connectivity index (χ0n) is 13.1. The molecule has 0 fully saturated rings. The molecule has 3 rings (SSSR count). The van der Waals surface area contributed by atoms with Crippen molar-refractivity contribution in [1.29, 1.82) is 0 Å². The van der Waals surface area contributed by atoms with Crippen LogP contribution in [0.2, 0.25) is 0 Å². The summed E-state index contributed by atoms with van der Waals surface area (Å²) in [6, 6.07) is 15.8. The molecule has 0 radical (unpaired) electrons. The SMILES string of the molecule is CCOc1ccccc1C(=O)N1c2ccccc2CCC1C. The minimum absolute atomic E-state index is 0.0173. The maximum atomic E-state index is 13.1. The van der Waals surface area contributed by atoms with Gasteiger partial charge in [0.2, 0.25) is 0 Å². The first-order valence-electron chi connectivity index (χ1n) is 7.85. The monoisotopic (exact) mass is 295 g/mol. The highest BCUT2D eigenvalue weighted by Crippen LogP contribution is 2.33. The summed E-state index contributed by atoms with van der Waals surface area (Å²) >= 11 is 0. The molecule has 114 valence electrons. The van der Waals surface area contributed by atoms with Crippen molar-refractivity contribution in [3.05, 3.63) is 59.7 Å². The van der Waals surface area contributed by atoms with Gasteiger partial charge in [-0.25, -0.2) is 0 Å². The highest BCUT2D eigenvalue weighted by molar-refractivity contribution is 6.08. The highest BCUT2D eigenvalue weighted by Gasteiger charge is 2.30. The lowest BCUT2D eigenvalue weighted by atomic mass is 9.95. The van der Waals surface area contributed by atoms with Crippen molar-refractivity contribution in [1.82, 2.24) is 0 Å². The number of carbonyl (C=O) groups excluding carboxylic acids is 1. The average Bonchev–Trinajstić information content (AvgIpc) is 2.55. The lowest BCUT2D eigenvalue weighted by Crippen LogP contribution is -2.42. The summed E-state index contributed by atoms with van der Waals surface area (Å²) in [6.45, 7) is 4.59. The molecule has 2 aromatic carbocycles. The number of aryl methyl sites for hydroxylation is 1. The maximum Gasteiger partial charge on any atom is 0.262 e. The number of rotatable bonds is 3. The minimum atomic E-state index is 0.0173. The normalized spacial score (nSPS) is 17.0. The molecule has 0 spiro atoms. The van der Waals surface area contributed by atoms with Crippen LogP contribution in [0.5, 0.6) is 5.75 Å². The lowest BCUT2D eigenvalue weighted by molar-refractivity contribution is 0.0971. The van der Waals surface area contributed by atoms with Gasteiger partial charge in [0, 0.05) is 11.7 Å². The second-order valence-electron chi connectivity index (χ2n) is 5.62. The number of amides is 1. The molecule has 0 bridgehead atoms. The Labute approximate surface area is 131 Å². The Kier molecular flexibility index (Phi) is 4.14. The molecule has 1 amide bonds. The van der Waals surface area contributed by atoms with Crippen molar-refractivity contribution in [2.75, 3.05) is 11.5 Å². The molecule has 1 aliphatic rings. The Morgan fingerprint density at radius 2 is 1.91 bits per heavy atom. The molecule has 0 aromatic heterocycles. The third kappa shape index (κ3) is 2.59. The highest BCUT2D eigenvalue weighted by atomic mass is 16.5. The molecule has 0 N–H and O–H groups in total. The van der Waals surface area contributed by atoms with E-state index in [1.54, 1.807) is 0 Å². The number of anilines is 1. The molecular weight excluding hydrogens is 274 g/mol. The van der Waals surface area contributed by atoms with Gasteiger partial charge in [-0.05, 0) is 50.5 Å². The van der Waals surface area contributed by atoms with Gasteiger partial charge in [0.05, 0.1) is 12.2 Å². The van der Waals surface area contributed by atoms with Crippen LogP contribution >= 0.6 is 0 Å². The van der Waals surface area contributed by atoms with Crippen LogP contribution in [-0.2, 0) is 6.42 Å². The Balaban J connectivity index is 2.02. The summed E-state index contributed by atoms with van der Waals surface area (Å²) in [5.41, 5.74) is 2.90. The van der Waals surface area contributed by atoms with E-state index < -0.39 is 0 Å². The molecule has 3 heteroatoms. The van der Waals surface area contributed by atoms with E-state index in [0.717, 1.165) is 18.5 Å². The number of hydrogen-bond acceptors (Lipinski definition) is 2. The van der Waals surface area contributed by atoms with E-state index in [9.17, 15) is 4.79 Å². The van der Waals surface area contributed by atoms with E-state index in [2.05, 4.69) is 13.0 Å². The maximum absolute atomic E-state index is 13.1. The molecule has 1 atom stereocenters. The molecule has 0 saturated heterocycles. The Morgan fingerprint density at radius 3 is 2.73 bits per heavy atom. The number of ether oxygens (including phenoxy) is 1. The van der Waals surface area contributed by atoms with Gasteiger partial charge in [0.25, 0.3) is 5.91 Å². The van der Waals surface area contributed by atoms with Gasteiger partial charge in [-0.3, -0.25) is 4.79 Å². The standard InChI is InChI=1S/C19H21NO2/c1-3-22-18-11-7-5-9-16(18)19(21)20-14(2)12-13-15-8-4-6-10-17(15)20/h4-11,14H,3,12-13H2,1-2H3. The second-order valence-corrected chi connectivity index (χ2v) is 5.62. The summed E-state index contributed by atoms with van der Waals surface area (Å²) in [6.07, 6.45) is 2.01. The first-order valence-corrected chi connectivity index (χ1v) is 7.85. The average molecular weight is 295 g/mol. The predicted octanol–water partition coefficient (Wildman–Crippen LogP) is 4.07. The fraction of sp³-hybridized carbons (Fsp3) is 0.316. The first-order chi connectivity index (χ1) is 10.7. The molecule has 3 nitrogen and oxygen atoms in total. The number of carbonyl (C=O) groups is 1. The number of benzene rings is 2. The van der Waals surface area contributed by atoms with E-state index >= 15 is 0 Å². The van der Waals surface area contributed by atoms with Gasteiger partial charge in [-0.15, -0.1) is 0 Å². The van der Waals surface area contributed by atoms with Gasteiger partial charge < -0.3 is 9.64 Å². The summed E-state index contributed by atoms with van der Waals surface area (Å²) in [7, 11) is 0. The quantitative estimate of drug-likeness (QED) is 0.854. The fourth-order valence-electron chi connectivity index (χ4n) is 3.05. The van der Waals surface area contributed by atoms with Crippen LogP contribution in [0.1, 0.15) is 36.2 Å². The van der Waals surface area contributed by atoms with E-state index in [0.29, 0.717) is 17.9 Å². The van der Waals surface area contributed by atoms with Crippen LogP contribution in [0, 0.1) is 0 Å². The molecule has 0 saturated carbocycles. The zero-order valence-corrected chi connectivity index (χ0v) is 13.1. The van der Waals surface area contributed by atoms with Gasteiger partial charge in [-0.2, -0.15) is 0 Å². The van der Waals surface area contributed by atoms with Crippen LogP contribution < -0.4 is 9.64 Å². The molecule has 2 aromatic rings. The van der Waals surface area contributed by atoms with Crippen molar-refractivity contribution < 1.29 is 9.53 Å². The van der Waals surface area contributed by atoms with Crippen LogP contribution in [-0.4, -0.2) is 18.6 Å². The summed E-state index contributed by atoms with van der Waals surface area (Å²) in [4.78, 5) is 15.0. The summed E-state index contributed by atoms with van der Waals surface area (Å²) in [5, 5.41) is 0. The number of fused-ring (bicyclic) bond motifs is 1. The van der Waals surface area contributed by atoms with Crippen molar-refractivity contribution >= 4 is 11.6 Å². The van der Waals surface area contributed by atoms with Crippen molar-refractivity contribution in [2.45, 2.75) is 32.7 Å². The van der Waals surface area contributed by atoms with Gasteiger partial charge in [0.1, 0.15) is 5.75 Å². The van der Waals surface area contributed by atoms with Crippen molar-refractivity contribution in [2.24, 2.45) is 0 Å². The Morgan fingerprint density at radius 1 is 1.18 bits per heavy atom. The summed E-state index contributed by atoms with van der Waals surface area (Å²) < 4.78 is 5.62. The molecule has 1 unspecified atom stereocenters. The molecular formula is C19H21NO2.